The van der Waals surface area contributed by atoms with E-state index in [2.05, 4.69) is 33.4 Å². The second-order valence-electron chi connectivity index (χ2n) is 8.91. The largest absolute Gasteiger partial charge is 0.456 e. The first kappa shape index (κ1) is 16.8. The van der Waals surface area contributed by atoms with Crippen LogP contribution in [0.15, 0.2) is 24.3 Å². The first-order chi connectivity index (χ1) is 10.6. The lowest BCUT2D eigenvalue weighted by Crippen LogP contribution is -2.55. The van der Waals surface area contributed by atoms with Gasteiger partial charge in [0.05, 0.1) is 0 Å². The number of ether oxygens (including phenoxy) is 1. The summed E-state index contributed by atoms with van der Waals surface area (Å²) in [4.78, 5) is 12.5. The Labute approximate surface area is 139 Å². The SMILES string of the molecule is C=C[C@](C)(O)[C@H]1C[C@H]2C(=CC[C@H]3C(C)(C)CCC[C@]23C)C(=O)O1. The Balaban J connectivity index is 1.99. The summed E-state index contributed by atoms with van der Waals surface area (Å²) in [6.45, 7) is 12.5. The fourth-order valence-electron chi connectivity index (χ4n) is 5.48. The van der Waals surface area contributed by atoms with Crippen LogP contribution < -0.4 is 0 Å². The summed E-state index contributed by atoms with van der Waals surface area (Å²) >= 11 is 0. The standard InChI is InChI=1S/C20H30O3/c1-6-20(5,22)16-12-14-13(17(21)23-16)8-9-15-18(2,3)10-7-11-19(14,15)4/h6,8,14-16,22H,1,7,9-12H2,2-5H3/t14-,15-,16+,19+,20-/m0/s1. The van der Waals surface area contributed by atoms with Gasteiger partial charge in [0.15, 0.2) is 0 Å². The van der Waals surface area contributed by atoms with E-state index in [1.165, 1.54) is 18.9 Å². The van der Waals surface area contributed by atoms with Crippen LogP contribution in [0.1, 0.15) is 59.8 Å². The number of hydrogen-bond donors (Lipinski definition) is 1. The van der Waals surface area contributed by atoms with Crippen molar-refractivity contribution in [2.75, 3.05) is 0 Å². The number of cyclic esters (lactones) is 1. The van der Waals surface area contributed by atoms with Crippen LogP contribution in [0.3, 0.4) is 0 Å². The molecule has 1 N–H and O–H groups in total. The summed E-state index contributed by atoms with van der Waals surface area (Å²) in [5, 5.41) is 10.5. The van der Waals surface area contributed by atoms with Gasteiger partial charge in [-0.05, 0) is 49.4 Å². The molecule has 23 heavy (non-hydrogen) atoms. The van der Waals surface area contributed by atoms with Gasteiger partial charge >= 0.3 is 5.97 Å². The molecule has 1 heterocycles. The Morgan fingerprint density at radius 1 is 1.39 bits per heavy atom. The van der Waals surface area contributed by atoms with Crippen molar-refractivity contribution in [1.82, 2.24) is 0 Å². The highest BCUT2D eigenvalue weighted by Gasteiger charge is 2.56. The van der Waals surface area contributed by atoms with E-state index in [0.717, 1.165) is 18.4 Å². The van der Waals surface area contributed by atoms with Crippen LogP contribution in [0.5, 0.6) is 0 Å². The molecular weight excluding hydrogens is 288 g/mol. The maximum absolute atomic E-state index is 12.5. The molecule has 1 aliphatic heterocycles. The van der Waals surface area contributed by atoms with Crippen LogP contribution in [0.4, 0.5) is 0 Å². The summed E-state index contributed by atoms with van der Waals surface area (Å²) in [6, 6.07) is 0. The van der Waals surface area contributed by atoms with Gasteiger partial charge in [-0.15, -0.1) is 6.58 Å². The van der Waals surface area contributed by atoms with Gasteiger partial charge in [0, 0.05) is 11.5 Å². The average molecular weight is 318 g/mol. The minimum atomic E-state index is -1.17. The normalized spacial score (nSPS) is 41.7. The molecule has 0 bridgehead atoms. The number of carbonyl (C=O) groups is 1. The van der Waals surface area contributed by atoms with Crippen LogP contribution in [0.25, 0.3) is 0 Å². The van der Waals surface area contributed by atoms with Crippen LogP contribution in [-0.2, 0) is 9.53 Å². The quantitative estimate of drug-likeness (QED) is 0.618. The molecule has 0 aromatic rings. The molecule has 0 unspecified atom stereocenters. The van der Waals surface area contributed by atoms with Crippen molar-refractivity contribution in [2.24, 2.45) is 22.7 Å². The van der Waals surface area contributed by atoms with E-state index in [1.807, 2.05) is 0 Å². The Bertz CT molecular complexity index is 557. The maximum Gasteiger partial charge on any atom is 0.334 e. The third kappa shape index (κ3) is 2.48. The van der Waals surface area contributed by atoms with Gasteiger partial charge in [0.25, 0.3) is 0 Å². The minimum absolute atomic E-state index is 0.112. The molecule has 2 aliphatic carbocycles. The van der Waals surface area contributed by atoms with Gasteiger partial charge in [-0.3, -0.25) is 0 Å². The van der Waals surface area contributed by atoms with Crippen molar-refractivity contribution in [3.8, 4) is 0 Å². The van der Waals surface area contributed by atoms with Gasteiger partial charge in [-0.25, -0.2) is 4.79 Å². The van der Waals surface area contributed by atoms with E-state index in [1.54, 1.807) is 6.92 Å². The van der Waals surface area contributed by atoms with Crippen molar-refractivity contribution in [2.45, 2.75) is 71.5 Å². The predicted octanol–water partition coefficient (Wildman–Crippen LogP) is 4.02. The molecule has 1 saturated carbocycles. The molecule has 0 aromatic heterocycles. The molecule has 0 spiro atoms. The van der Waals surface area contributed by atoms with E-state index in [4.69, 9.17) is 4.74 Å². The zero-order chi connectivity index (χ0) is 17.0. The van der Waals surface area contributed by atoms with Crippen molar-refractivity contribution in [3.05, 3.63) is 24.3 Å². The lowest BCUT2D eigenvalue weighted by atomic mass is 9.47. The van der Waals surface area contributed by atoms with E-state index in [9.17, 15) is 9.90 Å². The molecule has 0 amide bonds. The van der Waals surface area contributed by atoms with Gasteiger partial charge < -0.3 is 9.84 Å². The number of rotatable bonds is 2. The lowest BCUT2D eigenvalue weighted by molar-refractivity contribution is -0.170. The van der Waals surface area contributed by atoms with Gasteiger partial charge in [-0.2, -0.15) is 0 Å². The summed E-state index contributed by atoms with van der Waals surface area (Å²) in [5.41, 5.74) is 0.0833. The fraction of sp³-hybridized carbons (Fsp3) is 0.750. The molecule has 1 saturated heterocycles. The molecule has 0 aromatic carbocycles. The molecule has 2 fully saturated rings. The zero-order valence-electron chi connectivity index (χ0n) is 14.9. The number of fused-ring (bicyclic) bond motifs is 3. The maximum atomic E-state index is 12.5. The Morgan fingerprint density at radius 3 is 2.74 bits per heavy atom. The predicted molar refractivity (Wildman–Crippen MR) is 90.7 cm³/mol. The Kier molecular flexibility index (Phi) is 3.79. The summed E-state index contributed by atoms with van der Waals surface area (Å²) < 4.78 is 5.56. The van der Waals surface area contributed by atoms with Gasteiger partial charge in [0.2, 0.25) is 0 Å². The third-order valence-electron chi connectivity index (χ3n) is 7.02. The number of hydrogen-bond acceptors (Lipinski definition) is 3. The van der Waals surface area contributed by atoms with E-state index >= 15 is 0 Å². The van der Waals surface area contributed by atoms with E-state index in [-0.39, 0.29) is 17.3 Å². The first-order valence-corrected chi connectivity index (χ1v) is 8.89. The highest BCUT2D eigenvalue weighted by molar-refractivity contribution is 5.90. The smallest absolute Gasteiger partial charge is 0.334 e. The molecule has 3 nitrogen and oxygen atoms in total. The second kappa shape index (κ2) is 5.20. The highest BCUT2D eigenvalue weighted by atomic mass is 16.6. The highest BCUT2D eigenvalue weighted by Crippen LogP contribution is 2.61. The fourth-order valence-corrected chi connectivity index (χ4v) is 5.48. The summed E-state index contributed by atoms with van der Waals surface area (Å²) in [6.07, 6.45) is 8.38. The molecule has 3 heteroatoms. The van der Waals surface area contributed by atoms with Gasteiger partial charge in [0.1, 0.15) is 11.7 Å². The summed E-state index contributed by atoms with van der Waals surface area (Å²) in [7, 11) is 0. The average Bonchev–Trinajstić information content (AvgIpc) is 2.46. The second-order valence-corrected chi connectivity index (χ2v) is 8.91. The van der Waals surface area contributed by atoms with Crippen LogP contribution in [0, 0.1) is 22.7 Å². The van der Waals surface area contributed by atoms with Crippen LogP contribution in [0.2, 0.25) is 0 Å². The van der Waals surface area contributed by atoms with Crippen molar-refractivity contribution in [1.29, 1.82) is 0 Å². The van der Waals surface area contributed by atoms with Crippen molar-refractivity contribution in [3.63, 3.8) is 0 Å². The van der Waals surface area contributed by atoms with Crippen LogP contribution >= 0.6 is 0 Å². The minimum Gasteiger partial charge on any atom is -0.456 e. The Hall–Kier alpha value is -1.09. The molecular formula is C20H30O3. The van der Waals surface area contributed by atoms with Crippen LogP contribution in [-0.4, -0.2) is 22.8 Å². The van der Waals surface area contributed by atoms with Crippen molar-refractivity contribution < 1.29 is 14.6 Å². The number of aliphatic hydroxyl groups is 1. The molecule has 5 atom stereocenters. The number of esters is 1. The number of allylic oxidation sites excluding steroid dienone is 1. The van der Waals surface area contributed by atoms with E-state index in [0.29, 0.717) is 17.8 Å². The first-order valence-electron chi connectivity index (χ1n) is 8.89. The van der Waals surface area contributed by atoms with Crippen molar-refractivity contribution >= 4 is 5.97 Å². The molecule has 3 aliphatic rings. The topological polar surface area (TPSA) is 46.5 Å². The molecule has 128 valence electrons. The Morgan fingerprint density at radius 2 is 2.09 bits per heavy atom. The van der Waals surface area contributed by atoms with Gasteiger partial charge in [-0.1, -0.05) is 39.3 Å². The number of carbonyl (C=O) groups excluding carboxylic acids is 1. The molecule has 0 radical (unpaired) electrons. The monoisotopic (exact) mass is 318 g/mol. The molecule has 3 rings (SSSR count). The summed E-state index contributed by atoms with van der Waals surface area (Å²) in [5.74, 6) is 0.521. The lowest BCUT2D eigenvalue weighted by Gasteiger charge is -2.58. The third-order valence-corrected chi connectivity index (χ3v) is 7.02. The van der Waals surface area contributed by atoms with E-state index < -0.39 is 11.7 Å². The zero-order valence-corrected chi connectivity index (χ0v) is 14.9.